The summed E-state index contributed by atoms with van der Waals surface area (Å²) >= 11 is 6.66. The summed E-state index contributed by atoms with van der Waals surface area (Å²) < 4.78 is 22.8. The Morgan fingerprint density at radius 3 is 2.58 bits per heavy atom. The number of rotatable bonds is 2. The van der Waals surface area contributed by atoms with E-state index >= 15 is 0 Å². The smallest absolute Gasteiger partial charge is 0.257 e. The first-order valence-electron chi connectivity index (χ1n) is 2.95. The lowest BCUT2D eigenvalue weighted by molar-refractivity contribution is 0.586. The number of hydrogen-bond donors (Lipinski definition) is 2. The number of thiophene rings is 1. The number of sulfonamides is 1. The predicted molar refractivity (Wildman–Crippen MR) is 48.6 cm³/mol. The van der Waals surface area contributed by atoms with Gasteiger partial charge in [-0.3, -0.25) is 5.84 Å². The van der Waals surface area contributed by atoms with Gasteiger partial charge < -0.3 is 0 Å². The molecule has 0 bridgehead atoms. The van der Waals surface area contributed by atoms with Gasteiger partial charge in [-0.05, 0) is 18.6 Å². The van der Waals surface area contributed by atoms with Gasteiger partial charge in [0.25, 0.3) is 10.0 Å². The molecule has 12 heavy (non-hydrogen) atoms. The fraction of sp³-hybridized carbons (Fsp3) is 0.200. The molecule has 0 unspecified atom stereocenters. The molecule has 1 rings (SSSR count). The first-order valence-corrected chi connectivity index (χ1v) is 5.63. The molecule has 0 aliphatic rings. The average molecular weight is 227 g/mol. The lowest BCUT2D eigenvalue weighted by atomic mass is 10.4. The molecule has 0 amide bonds. The van der Waals surface area contributed by atoms with Crippen LogP contribution < -0.4 is 10.7 Å². The van der Waals surface area contributed by atoms with Gasteiger partial charge in [-0.15, -0.1) is 16.2 Å². The monoisotopic (exact) mass is 226 g/mol. The predicted octanol–water partition coefficient (Wildman–Crippen LogP) is 0.862. The largest absolute Gasteiger partial charge is 0.262 e. The van der Waals surface area contributed by atoms with Crippen LogP contribution in [0.2, 0.25) is 4.34 Å². The molecule has 0 saturated carbocycles. The highest BCUT2D eigenvalue weighted by molar-refractivity contribution is 7.91. The van der Waals surface area contributed by atoms with Crippen LogP contribution in [0.3, 0.4) is 0 Å². The van der Waals surface area contributed by atoms with Crippen LogP contribution in [-0.4, -0.2) is 8.42 Å². The van der Waals surface area contributed by atoms with Crippen molar-refractivity contribution in [1.29, 1.82) is 0 Å². The van der Waals surface area contributed by atoms with Crippen molar-refractivity contribution in [2.75, 3.05) is 0 Å². The molecule has 1 aromatic rings. The third-order valence-electron chi connectivity index (χ3n) is 1.25. The van der Waals surface area contributed by atoms with E-state index in [0.29, 0.717) is 4.34 Å². The molecule has 0 saturated heterocycles. The Hall–Kier alpha value is -0.140. The number of nitrogens with two attached hydrogens (primary N) is 1. The fourth-order valence-electron chi connectivity index (χ4n) is 0.622. The highest BCUT2D eigenvalue weighted by atomic mass is 35.5. The summed E-state index contributed by atoms with van der Waals surface area (Å²) in [5.74, 6) is 4.82. The second kappa shape index (κ2) is 3.31. The van der Waals surface area contributed by atoms with Crippen LogP contribution >= 0.6 is 22.9 Å². The van der Waals surface area contributed by atoms with Crippen LogP contribution in [-0.2, 0) is 10.0 Å². The second-order valence-electron chi connectivity index (χ2n) is 2.14. The Labute approximate surface area is 79.4 Å². The summed E-state index contributed by atoms with van der Waals surface area (Å²) in [5, 5.41) is 0. The zero-order valence-corrected chi connectivity index (χ0v) is 8.55. The Kier molecular flexibility index (Phi) is 2.74. The molecule has 0 fully saturated rings. The summed E-state index contributed by atoms with van der Waals surface area (Å²) in [7, 11) is -3.54. The fourth-order valence-corrected chi connectivity index (χ4v) is 2.98. The van der Waals surface area contributed by atoms with E-state index in [0.717, 1.165) is 16.9 Å². The molecular formula is C5H7ClN2O2S2. The van der Waals surface area contributed by atoms with Crippen LogP contribution in [0.1, 0.15) is 5.56 Å². The first kappa shape index (κ1) is 9.94. The van der Waals surface area contributed by atoms with Gasteiger partial charge in [0, 0.05) is 0 Å². The van der Waals surface area contributed by atoms with Gasteiger partial charge in [0.05, 0.1) is 4.34 Å². The van der Waals surface area contributed by atoms with E-state index in [2.05, 4.69) is 0 Å². The first-order chi connectivity index (χ1) is 5.47. The topological polar surface area (TPSA) is 72.2 Å². The molecule has 4 nitrogen and oxygen atoms in total. The van der Waals surface area contributed by atoms with Crippen molar-refractivity contribution in [1.82, 2.24) is 4.83 Å². The number of hydrogen-bond acceptors (Lipinski definition) is 4. The maximum absolute atomic E-state index is 11.1. The number of halogens is 1. The third kappa shape index (κ3) is 1.78. The Morgan fingerprint density at radius 2 is 2.25 bits per heavy atom. The minimum atomic E-state index is -3.54. The highest BCUT2D eigenvalue weighted by Gasteiger charge is 2.16. The van der Waals surface area contributed by atoms with Gasteiger partial charge in [-0.2, -0.15) is 0 Å². The van der Waals surface area contributed by atoms with Crippen LogP contribution in [0.5, 0.6) is 0 Å². The van der Waals surface area contributed by atoms with Gasteiger partial charge in [0.2, 0.25) is 0 Å². The number of aryl methyl sites for hydroxylation is 1. The minimum absolute atomic E-state index is 0.132. The summed E-state index contributed by atoms with van der Waals surface area (Å²) in [5.41, 5.74) is 0.732. The van der Waals surface area contributed by atoms with Crippen LogP contribution in [0.15, 0.2) is 10.3 Å². The molecule has 68 valence electrons. The lowest BCUT2D eigenvalue weighted by Crippen LogP contribution is -2.29. The van der Waals surface area contributed by atoms with Crippen molar-refractivity contribution in [3.05, 3.63) is 16.0 Å². The Morgan fingerprint density at radius 1 is 1.67 bits per heavy atom. The normalized spacial score (nSPS) is 11.9. The van der Waals surface area contributed by atoms with E-state index < -0.39 is 10.0 Å². The van der Waals surface area contributed by atoms with E-state index in [4.69, 9.17) is 17.4 Å². The molecule has 0 aliphatic heterocycles. The summed E-state index contributed by atoms with van der Waals surface area (Å²) in [6, 6.07) is 1.47. The molecule has 0 aromatic carbocycles. The summed E-state index contributed by atoms with van der Waals surface area (Å²) in [6.45, 7) is 1.73. The molecule has 0 atom stereocenters. The van der Waals surface area contributed by atoms with Crippen molar-refractivity contribution in [3.8, 4) is 0 Å². The zero-order chi connectivity index (χ0) is 9.35. The van der Waals surface area contributed by atoms with Crippen molar-refractivity contribution >= 4 is 33.0 Å². The van der Waals surface area contributed by atoms with Crippen molar-refractivity contribution in [3.63, 3.8) is 0 Å². The molecule has 0 radical (unpaired) electrons. The van der Waals surface area contributed by atoms with E-state index in [9.17, 15) is 8.42 Å². The second-order valence-corrected chi connectivity index (χ2v) is 5.74. The van der Waals surface area contributed by atoms with Gasteiger partial charge in [0.1, 0.15) is 4.21 Å². The summed E-state index contributed by atoms with van der Waals surface area (Å²) in [6.07, 6.45) is 0. The summed E-state index contributed by atoms with van der Waals surface area (Å²) in [4.78, 5) is 1.72. The maximum atomic E-state index is 11.1. The van der Waals surface area contributed by atoms with E-state index in [1.54, 1.807) is 11.8 Å². The molecule has 1 heterocycles. The quantitative estimate of drug-likeness (QED) is 0.581. The number of nitrogens with one attached hydrogen (secondary N) is 1. The lowest BCUT2D eigenvalue weighted by Gasteiger charge is -1.95. The SMILES string of the molecule is Cc1cc(S(=O)(=O)NN)sc1Cl. The molecule has 0 spiro atoms. The van der Waals surface area contributed by atoms with Crippen molar-refractivity contribution in [2.24, 2.45) is 5.84 Å². The Balaban J connectivity index is 3.22. The van der Waals surface area contributed by atoms with Crippen molar-refractivity contribution in [2.45, 2.75) is 11.1 Å². The van der Waals surface area contributed by atoms with Crippen molar-refractivity contribution < 1.29 is 8.42 Å². The van der Waals surface area contributed by atoms with Crippen LogP contribution in [0.4, 0.5) is 0 Å². The van der Waals surface area contributed by atoms with Gasteiger partial charge >= 0.3 is 0 Å². The molecule has 0 aliphatic carbocycles. The van der Waals surface area contributed by atoms with E-state index in [1.165, 1.54) is 6.07 Å². The van der Waals surface area contributed by atoms with Gasteiger partial charge in [-0.1, -0.05) is 11.6 Å². The van der Waals surface area contributed by atoms with E-state index in [1.807, 2.05) is 0 Å². The van der Waals surface area contributed by atoms with Crippen LogP contribution in [0, 0.1) is 6.92 Å². The Bertz CT molecular complexity index is 365. The number of hydrazine groups is 1. The van der Waals surface area contributed by atoms with E-state index in [-0.39, 0.29) is 4.21 Å². The zero-order valence-electron chi connectivity index (χ0n) is 6.17. The molecule has 1 aromatic heterocycles. The molecular weight excluding hydrogens is 220 g/mol. The van der Waals surface area contributed by atoms with Gasteiger partial charge in [0.15, 0.2) is 0 Å². The van der Waals surface area contributed by atoms with Crippen LogP contribution in [0.25, 0.3) is 0 Å². The molecule has 3 N–H and O–H groups in total. The third-order valence-corrected chi connectivity index (χ3v) is 4.47. The minimum Gasteiger partial charge on any atom is -0.257 e. The standard InChI is InChI=1S/C5H7ClN2O2S2/c1-3-2-4(11-5(3)6)12(9,10)8-7/h2,8H,7H2,1H3. The van der Waals surface area contributed by atoms with Gasteiger partial charge in [-0.25, -0.2) is 8.42 Å². The maximum Gasteiger partial charge on any atom is 0.262 e. The average Bonchev–Trinajstić information content (AvgIpc) is 2.33. The molecule has 7 heteroatoms. The highest BCUT2D eigenvalue weighted by Crippen LogP contribution is 2.29.